The molecule has 9 nitrogen and oxygen atoms in total. The summed E-state index contributed by atoms with van der Waals surface area (Å²) < 4.78 is 93.5. The van der Waals surface area contributed by atoms with Gasteiger partial charge in [0.15, 0.2) is 23.3 Å². The van der Waals surface area contributed by atoms with E-state index in [2.05, 4.69) is 22.0 Å². The standard InChI is InChI=1S/C41H36BrF4N3O6S/c42-35-36(43)37(44)38(45)39(46)40(35)56(53,54)48(21-28-6-2-1-5-27(28)19-47)22-34(50)49(20-23-15-29(24-9-10-24)17-30(16-23)25-11-12-25)32-14-13-26(41(51)52)18-33(32)55-31-7-3-4-8-31/h1-2,5-6,13-18,24-25,31H,3-4,7-12,20-22H2,(H,51,52). The van der Waals surface area contributed by atoms with Gasteiger partial charge in [0.05, 0.1) is 46.5 Å². The molecule has 0 aliphatic heterocycles. The predicted molar refractivity (Wildman–Crippen MR) is 201 cm³/mol. The van der Waals surface area contributed by atoms with E-state index in [0.29, 0.717) is 29.0 Å². The van der Waals surface area contributed by atoms with Crippen molar-refractivity contribution in [3.8, 4) is 11.8 Å². The zero-order valence-electron chi connectivity index (χ0n) is 29.9. The van der Waals surface area contributed by atoms with Gasteiger partial charge in [-0.05, 0) is 126 Å². The van der Waals surface area contributed by atoms with Crippen LogP contribution in [0, 0.1) is 34.6 Å². The van der Waals surface area contributed by atoms with Crippen LogP contribution in [0.3, 0.4) is 0 Å². The molecule has 3 saturated carbocycles. The van der Waals surface area contributed by atoms with Crippen molar-refractivity contribution in [3.63, 3.8) is 0 Å². The van der Waals surface area contributed by atoms with E-state index in [-0.39, 0.29) is 40.8 Å². The van der Waals surface area contributed by atoms with Crippen LogP contribution >= 0.6 is 15.9 Å². The molecule has 0 heterocycles. The second kappa shape index (κ2) is 16.0. The number of carbonyl (C=O) groups is 2. The van der Waals surface area contributed by atoms with E-state index in [1.54, 1.807) is 0 Å². The second-order valence-electron chi connectivity index (χ2n) is 14.5. The fourth-order valence-corrected chi connectivity index (χ4v) is 9.58. The van der Waals surface area contributed by atoms with Gasteiger partial charge in [-0.3, -0.25) is 4.79 Å². The Morgan fingerprint density at radius 2 is 1.46 bits per heavy atom. The highest BCUT2D eigenvalue weighted by molar-refractivity contribution is 9.10. The Hall–Kier alpha value is -4.78. The maximum absolute atomic E-state index is 15.4. The molecule has 0 bridgehead atoms. The number of hydrogen-bond donors (Lipinski definition) is 1. The first-order valence-electron chi connectivity index (χ1n) is 18.2. The molecule has 0 spiro atoms. The predicted octanol–water partition coefficient (Wildman–Crippen LogP) is 9.08. The van der Waals surface area contributed by atoms with Gasteiger partial charge in [0.25, 0.3) is 0 Å². The van der Waals surface area contributed by atoms with Crippen LogP contribution in [0.25, 0.3) is 0 Å². The van der Waals surface area contributed by atoms with Crippen LogP contribution in [0.4, 0.5) is 23.2 Å². The zero-order valence-corrected chi connectivity index (χ0v) is 32.3. The lowest BCUT2D eigenvalue weighted by molar-refractivity contribution is -0.119. The molecule has 7 rings (SSSR count). The fraction of sp³-hybridized carbons (Fsp3) is 0.341. The van der Waals surface area contributed by atoms with Gasteiger partial charge in [0.1, 0.15) is 10.6 Å². The van der Waals surface area contributed by atoms with Crippen LogP contribution in [-0.4, -0.2) is 42.4 Å². The Morgan fingerprint density at radius 3 is 2.07 bits per heavy atom. The number of nitrogens with zero attached hydrogens (tertiary/aromatic N) is 3. The van der Waals surface area contributed by atoms with Crippen LogP contribution in [0.1, 0.15) is 101 Å². The molecule has 3 aliphatic rings. The third-order valence-corrected chi connectivity index (χ3v) is 13.3. The van der Waals surface area contributed by atoms with Gasteiger partial charge in [-0.1, -0.05) is 36.4 Å². The summed E-state index contributed by atoms with van der Waals surface area (Å²) in [6, 6.07) is 17.9. The van der Waals surface area contributed by atoms with Crippen molar-refractivity contribution in [2.45, 2.75) is 87.3 Å². The molecule has 4 aromatic rings. The summed E-state index contributed by atoms with van der Waals surface area (Å²) in [4.78, 5) is 26.7. The first kappa shape index (κ1) is 39.5. The number of anilines is 1. The first-order valence-corrected chi connectivity index (χ1v) is 20.5. The third-order valence-electron chi connectivity index (χ3n) is 10.4. The van der Waals surface area contributed by atoms with Gasteiger partial charge >= 0.3 is 5.97 Å². The van der Waals surface area contributed by atoms with E-state index in [1.807, 2.05) is 18.2 Å². The summed E-state index contributed by atoms with van der Waals surface area (Å²) in [6.45, 7) is -1.91. The Kier molecular flexibility index (Phi) is 11.3. The van der Waals surface area contributed by atoms with Gasteiger partial charge < -0.3 is 14.7 Å². The highest BCUT2D eigenvalue weighted by atomic mass is 79.9. The molecule has 15 heteroatoms. The summed E-state index contributed by atoms with van der Waals surface area (Å²) in [5, 5.41) is 19.7. The zero-order chi connectivity index (χ0) is 39.9. The lowest BCUT2D eigenvalue weighted by Gasteiger charge is -2.30. The molecule has 0 radical (unpaired) electrons. The molecule has 0 atom stereocenters. The number of benzene rings is 4. The molecule has 56 heavy (non-hydrogen) atoms. The van der Waals surface area contributed by atoms with Gasteiger partial charge in [-0.15, -0.1) is 0 Å². The fourth-order valence-electron chi connectivity index (χ4n) is 7.14. The Balaban J connectivity index is 1.36. The van der Waals surface area contributed by atoms with Crippen molar-refractivity contribution < 1.29 is 45.4 Å². The monoisotopic (exact) mass is 853 g/mol. The quantitative estimate of drug-likeness (QED) is 0.0762. The summed E-state index contributed by atoms with van der Waals surface area (Å²) in [5.41, 5.74) is 3.06. The van der Waals surface area contributed by atoms with Gasteiger partial charge in [0, 0.05) is 6.54 Å². The third kappa shape index (κ3) is 8.19. The van der Waals surface area contributed by atoms with Crippen molar-refractivity contribution in [2.24, 2.45) is 0 Å². The highest BCUT2D eigenvalue weighted by Gasteiger charge is 2.39. The summed E-state index contributed by atoms with van der Waals surface area (Å²) in [7, 11) is -5.40. The number of ether oxygens (including phenoxy) is 1. The lowest BCUT2D eigenvalue weighted by atomic mass is 9.99. The normalized spacial score (nSPS) is 15.9. The van der Waals surface area contributed by atoms with Crippen LogP contribution in [-0.2, 0) is 27.9 Å². The number of sulfonamides is 1. The summed E-state index contributed by atoms with van der Waals surface area (Å²) >= 11 is 2.59. The van der Waals surface area contributed by atoms with E-state index in [1.165, 1.54) is 47.4 Å². The molecule has 1 N–H and O–H groups in total. The minimum atomic E-state index is -5.40. The van der Waals surface area contributed by atoms with Gasteiger partial charge in [-0.2, -0.15) is 9.57 Å². The number of halogens is 5. The smallest absolute Gasteiger partial charge is 0.335 e. The average Bonchev–Trinajstić information content (AvgIpc) is 4.13. The number of rotatable bonds is 14. The molecule has 3 aliphatic carbocycles. The second-order valence-corrected chi connectivity index (χ2v) is 17.2. The molecule has 3 fully saturated rings. The summed E-state index contributed by atoms with van der Waals surface area (Å²) in [6.07, 6.45) is 6.92. The minimum Gasteiger partial charge on any atom is -0.488 e. The number of nitriles is 1. The van der Waals surface area contributed by atoms with Crippen molar-refractivity contribution in [3.05, 3.63) is 122 Å². The van der Waals surface area contributed by atoms with E-state index in [4.69, 9.17) is 4.74 Å². The van der Waals surface area contributed by atoms with Crippen LogP contribution < -0.4 is 9.64 Å². The molecular weight excluding hydrogens is 818 g/mol. The van der Waals surface area contributed by atoms with E-state index in [9.17, 15) is 41.5 Å². The minimum absolute atomic E-state index is 0.00835. The van der Waals surface area contributed by atoms with Gasteiger partial charge in [-0.25, -0.2) is 30.8 Å². The maximum atomic E-state index is 15.4. The number of aromatic carboxylic acids is 1. The first-order chi connectivity index (χ1) is 26.8. The van der Waals surface area contributed by atoms with Gasteiger partial charge in [0.2, 0.25) is 15.9 Å². The molecule has 0 saturated heterocycles. The van der Waals surface area contributed by atoms with Crippen molar-refractivity contribution in [2.75, 3.05) is 11.4 Å². The topological polar surface area (TPSA) is 128 Å². The highest BCUT2D eigenvalue weighted by Crippen LogP contribution is 2.46. The summed E-state index contributed by atoms with van der Waals surface area (Å²) in [5.74, 6) is -10.2. The van der Waals surface area contributed by atoms with Crippen molar-refractivity contribution in [1.29, 1.82) is 5.26 Å². The Bertz CT molecular complexity index is 2320. The number of carboxylic acids is 1. The van der Waals surface area contributed by atoms with Crippen LogP contribution in [0.2, 0.25) is 0 Å². The molecule has 0 unspecified atom stereocenters. The number of carbonyl (C=O) groups excluding carboxylic acids is 1. The molecule has 4 aromatic carbocycles. The van der Waals surface area contributed by atoms with Crippen LogP contribution in [0.5, 0.6) is 5.75 Å². The SMILES string of the molecule is N#Cc1ccccc1CN(CC(=O)N(Cc1cc(C2CC2)cc(C2CC2)c1)c1ccc(C(=O)O)cc1OC1CCCC1)S(=O)(=O)c1c(F)c(F)c(F)c(F)c1Br. The average molecular weight is 855 g/mol. The number of hydrogen-bond acceptors (Lipinski definition) is 6. The molecular formula is C41H36BrF4N3O6S. The van der Waals surface area contributed by atoms with E-state index in [0.717, 1.165) is 55.2 Å². The van der Waals surface area contributed by atoms with Crippen molar-refractivity contribution in [1.82, 2.24) is 4.31 Å². The lowest BCUT2D eigenvalue weighted by Crippen LogP contribution is -2.43. The van der Waals surface area contributed by atoms with E-state index < -0.39 is 67.6 Å². The molecule has 0 aromatic heterocycles. The number of carboxylic acid groups (broad SMARTS) is 1. The maximum Gasteiger partial charge on any atom is 0.335 e. The Morgan fingerprint density at radius 1 is 0.839 bits per heavy atom. The number of amides is 1. The largest absolute Gasteiger partial charge is 0.488 e. The van der Waals surface area contributed by atoms with Crippen molar-refractivity contribution >= 4 is 43.5 Å². The molecule has 1 amide bonds. The molecule has 292 valence electrons. The Labute approximate surface area is 329 Å². The van der Waals surface area contributed by atoms with Crippen LogP contribution in [0.15, 0.2) is 70.0 Å². The van der Waals surface area contributed by atoms with E-state index >= 15 is 4.39 Å².